The zero-order valence-corrected chi connectivity index (χ0v) is 11.0. The van der Waals surface area contributed by atoms with Crippen LogP contribution in [-0.2, 0) is 9.53 Å². The molecule has 0 amide bonds. The standard InChI is InChI=1S/C12H15N5O3/c1-20-11(18)6-2-3-7(4-6)17-5-14-8-9(13)15-12(19)16-10(8)17/h5-7H,2-4H2,1H3,(H3,13,15,16,19)/t6-,7-/m1/s1. The Hall–Kier alpha value is -2.38. The van der Waals surface area contributed by atoms with Crippen LogP contribution in [0.25, 0.3) is 11.2 Å². The van der Waals surface area contributed by atoms with Crippen LogP contribution in [0.15, 0.2) is 11.1 Å². The van der Waals surface area contributed by atoms with Crippen molar-refractivity contribution in [2.24, 2.45) is 5.92 Å². The highest BCUT2D eigenvalue weighted by molar-refractivity contribution is 5.81. The van der Waals surface area contributed by atoms with Crippen LogP contribution in [0.5, 0.6) is 0 Å². The van der Waals surface area contributed by atoms with Gasteiger partial charge in [0.25, 0.3) is 0 Å². The predicted molar refractivity (Wildman–Crippen MR) is 71.0 cm³/mol. The molecular weight excluding hydrogens is 262 g/mol. The summed E-state index contributed by atoms with van der Waals surface area (Å²) < 4.78 is 6.59. The molecule has 1 saturated carbocycles. The van der Waals surface area contributed by atoms with Crippen molar-refractivity contribution in [1.29, 1.82) is 0 Å². The molecule has 0 aromatic carbocycles. The van der Waals surface area contributed by atoms with E-state index < -0.39 is 5.69 Å². The average molecular weight is 277 g/mol. The smallest absolute Gasteiger partial charge is 0.348 e. The van der Waals surface area contributed by atoms with Crippen LogP contribution >= 0.6 is 0 Å². The van der Waals surface area contributed by atoms with Crippen LogP contribution in [0.2, 0.25) is 0 Å². The number of aromatic amines is 1. The molecule has 0 spiro atoms. The molecule has 2 atom stereocenters. The number of H-pyrrole nitrogens is 1. The highest BCUT2D eigenvalue weighted by atomic mass is 16.5. The van der Waals surface area contributed by atoms with Crippen LogP contribution in [0.4, 0.5) is 5.82 Å². The molecule has 1 fully saturated rings. The molecule has 8 nitrogen and oxygen atoms in total. The predicted octanol–water partition coefficient (Wildman–Crippen LogP) is 0.216. The van der Waals surface area contributed by atoms with Crippen LogP contribution in [0.1, 0.15) is 25.3 Å². The fourth-order valence-corrected chi connectivity index (χ4v) is 2.81. The number of anilines is 1. The van der Waals surface area contributed by atoms with Crippen molar-refractivity contribution in [1.82, 2.24) is 19.5 Å². The third kappa shape index (κ3) is 1.93. The van der Waals surface area contributed by atoms with Crippen molar-refractivity contribution >= 4 is 23.0 Å². The van der Waals surface area contributed by atoms with Gasteiger partial charge < -0.3 is 15.0 Å². The minimum atomic E-state index is -0.501. The third-order valence-corrected chi connectivity index (χ3v) is 3.80. The van der Waals surface area contributed by atoms with Gasteiger partial charge in [-0.1, -0.05) is 0 Å². The molecule has 8 heteroatoms. The SMILES string of the molecule is COC(=O)[C@@H]1CC[C@@H](n2cnc3c(N)[nH]c(=O)nc32)C1. The molecule has 2 aromatic rings. The normalized spacial score (nSPS) is 22.2. The molecule has 1 aliphatic rings. The molecular formula is C12H15N5O3. The number of nitrogens with zero attached hydrogens (tertiary/aromatic N) is 3. The Morgan fingerprint density at radius 3 is 3.10 bits per heavy atom. The first-order valence-corrected chi connectivity index (χ1v) is 6.40. The zero-order chi connectivity index (χ0) is 14.3. The topological polar surface area (TPSA) is 116 Å². The Kier molecular flexibility index (Phi) is 2.92. The molecule has 2 heterocycles. The van der Waals surface area contributed by atoms with Crippen molar-refractivity contribution in [2.75, 3.05) is 12.8 Å². The maximum Gasteiger partial charge on any atom is 0.348 e. The summed E-state index contributed by atoms with van der Waals surface area (Å²) in [6.45, 7) is 0. The maximum absolute atomic E-state index is 11.6. The fraction of sp³-hybridized carbons (Fsp3) is 0.500. The van der Waals surface area contributed by atoms with E-state index in [1.165, 1.54) is 7.11 Å². The molecule has 0 radical (unpaired) electrons. The number of carbonyl (C=O) groups excluding carboxylic acids is 1. The lowest BCUT2D eigenvalue weighted by Gasteiger charge is -2.12. The molecule has 0 aliphatic heterocycles. The van der Waals surface area contributed by atoms with Gasteiger partial charge in [-0.05, 0) is 19.3 Å². The van der Waals surface area contributed by atoms with E-state index >= 15 is 0 Å². The Bertz CT molecular complexity index is 719. The second-order valence-corrected chi connectivity index (χ2v) is 4.97. The van der Waals surface area contributed by atoms with E-state index in [9.17, 15) is 9.59 Å². The Morgan fingerprint density at radius 1 is 1.55 bits per heavy atom. The number of aromatic nitrogens is 4. The summed E-state index contributed by atoms with van der Waals surface area (Å²) in [6.07, 6.45) is 3.85. The number of esters is 1. The minimum Gasteiger partial charge on any atom is -0.469 e. The molecule has 2 aromatic heterocycles. The Labute approximate surface area is 114 Å². The van der Waals surface area contributed by atoms with Crippen LogP contribution in [0.3, 0.4) is 0 Å². The summed E-state index contributed by atoms with van der Waals surface area (Å²) in [4.78, 5) is 33.5. The van der Waals surface area contributed by atoms with Gasteiger partial charge in [-0.15, -0.1) is 0 Å². The minimum absolute atomic E-state index is 0.0813. The largest absolute Gasteiger partial charge is 0.469 e. The number of hydrogen-bond acceptors (Lipinski definition) is 6. The van der Waals surface area contributed by atoms with Gasteiger partial charge in [0.15, 0.2) is 5.65 Å². The summed E-state index contributed by atoms with van der Waals surface area (Å²) in [5.41, 5.74) is 6.16. The molecule has 3 rings (SSSR count). The second-order valence-electron chi connectivity index (χ2n) is 4.97. The Morgan fingerprint density at radius 2 is 2.35 bits per heavy atom. The number of carbonyl (C=O) groups is 1. The number of imidazole rings is 1. The number of fused-ring (bicyclic) bond motifs is 1. The highest BCUT2D eigenvalue weighted by Gasteiger charge is 2.32. The van der Waals surface area contributed by atoms with Crippen LogP contribution < -0.4 is 11.4 Å². The lowest BCUT2D eigenvalue weighted by atomic mass is 10.1. The van der Waals surface area contributed by atoms with Gasteiger partial charge in [0.1, 0.15) is 11.3 Å². The molecule has 1 aliphatic carbocycles. The summed E-state index contributed by atoms with van der Waals surface area (Å²) in [6, 6.07) is 0.0813. The van der Waals surface area contributed by atoms with Crippen molar-refractivity contribution in [3.8, 4) is 0 Å². The van der Waals surface area contributed by atoms with Gasteiger partial charge in [-0.25, -0.2) is 9.78 Å². The number of nitrogens with two attached hydrogens (primary N) is 1. The number of rotatable bonds is 2. The van der Waals surface area contributed by atoms with Gasteiger partial charge in [0.2, 0.25) is 0 Å². The van der Waals surface area contributed by atoms with E-state index in [2.05, 4.69) is 15.0 Å². The Balaban J connectivity index is 1.96. The number of nitrogens with one attached hydrogen (secondary N) is 1. The van der Waals surface area contributed by atoms with E-state index in [1.807, 2.05) is 4.57 Å². The van der Waals surface area contributed by atoms with Gasteiger partial charge in [-0.3, -0.25) is 9.78 Å². The van der Waals surface area contributed by atoms with Crippen molar-refractivity contribution in [2.45, 2.75) is 25.3 Å². The number of ether oxygens (including phenoxy) is 1. The van der Waals surface area contributed by atoms with E-state index in [-0.39, 0.29) is 23.7 Å². The zero-order valence-electron chi connectivity index (χ0n) is 11.0. The van der Waals surface area contributed by atoms with Gasteiger partial charge >= 0.3 is 11.7 Å². The number of hydrogen-bond donors (Lipinski definition) is 2. The first-order valence-electron chi connectivity index (χ1n) is 6.40. The van der Waals surface area contributed by atoms with E-state index in [1.54, 1.807) is 6.33 Å². The fourth-order valence-electron chi connectivity index (χ4n) is 2.81. The quantitative estimate of drug-likeness (QED) is 0.758. The first-order chi connectivity index (χ1) is 9.60. The summed E-state index contributed by atoms with van der Waals surface area (Å²) in [7, 11) is 1.39. The molecule has 106 valence electrons. The van der Waals surface area contributed by atoms with Crippen LogP contribution in [-0.4, -0.2) is 32.6 Å². The highest BCUT2D eigenvalue weighted by Crippen LogP contribution is 2.36. The maximum atomic E-state index is 11.6. The van der Waals surface area contributed by atoms with Crippen molar-refractivity contribution < 1.29 is 9.53 Å². The van der Waals surface area contributed by atoms with Gasteiger partial charge in [0, 0.05) is 6.04 Å². The third-order valence-electron chi connectivity index (χ3n) is 3.80. The van der Waals surface area contributed by atoms with E-state index in [0.29, 0.717) is 17.6 Å². The molecule has 20 heavy (non-hydrogen) atoms. The monoisotopic (exact) mass is 277 g/mol. The number of nitrogen functional groups attached to an aromatic ring is 1. The average Bonchev–Trinajstić information content (AvgIpc) is 3.03. The van der Waals surface area contributed by atoms with Gasteiger partial charge in [-0.2, -0.15) is 4.98 Å². The van der Waals surface area contributed by atoms with E-state index in [0.717, 1.165) is 12.8 Å². The summed E-state index contributed by atoms with van der Waals surface area (Å²) in [5.74, 6) is -0.0923. The lowest BCUT2D eigenvalue weighted by molar-refractivity contribution is -0.145. The van der Waals surface area contributed by atoms with E-state index in [4.69, 9.17) is 10.5 Å². The first kappa shape index (κ1) is 12.6. The number of methoxy groups -OCH3 is 1. The molecule has 0 saturated heterocycles. The van der Waals surface area contributed by atoms with Crippen LogP contribution in [0, 0.1) is 5.92 Å². The van der Waals surface area contributed by atoms with Gasteiger partial charge in [0.05, 0.1) is 19.4 Å². The molecule has 0 unspecified atom stereocenters. The second kappa shape index (κ2) is 4.62. The molecule has 0 bridgehead atoms. The summed E-state index contributed by atoms with van der Waals surface area (Å²) >= 11 is 0. The van der Waals surface area contributed by atoms with Crippen molar-refractivity contribution in [3.05, 3.63) is 16.8 Å². The summed E-state index contributed by atoms with van der Waals surface area (Å²) in [5, 5.41) is 0. The molecule has 3 N–H and O–H groups in total. The lowest BCUT2D eigenvalue weighted by Crippen LogP contribution is -2.16. The van der Waals surface area contributed by atoms with Crippen molar-refractivity contribution in [3.63, 3.8) is 0 Å².